The van der Waals surface area contributed by atoms with E-state index in [9.17, 15) is 4.79 Å². The zero-order valence-corrected chi connectivity index (χ0v) is 10.7. The third kappa shape index (κ3) is 3.01. The number of hydrogen-bond donors (Lipinski definition) is 2. The summed E-state index contributed by atoms with van der Waals surface area (Å²) in [4.78, 5) is 11.9. The molecule has 0 radical (unpaired) electrons. The zero-order valence-electron chi connectivity index (χ0n) is 10.7. The Morgan fingerprint density at radius 1 is 1.50 bits per heavy atom. The van der Waals surface area contributed by atoms with Gasteiger partial charge in [-0.3, -0.25) is 4.79 Å². The molecular formula is C14H20N2O2. The lowest BCUT2D eigenvalue weighted by molar-refractivity contribution is -0.135. The topological polar surface area (TPSA) is 64.3 Å². The van der Waals surface area contributed by atoms with Gasteiger partial charge < -0.3 is 15.8 Å². The van der Waals surface area contributed by atoms with E-state index in [-0.39, 0.29) is 12.0 Å². The van der Waals surface area contributed by atoms with E-state index in [0.717, 1.165) is 36.1 Å². The van der Waals surface area contributed by atoms with Crippen LogP contribution in [-0.4, -0.2) is 18.6 Å². The van der Waals surface area contributed by atoms with Crippen molar-refractivity contribution in [2.45, 2.75) is 38.8 Å². The fourth-order valence-corrected chi connectivity index (χ4v) is 2.14. The summed E-state index contributed by atoms with van der Waals surface area (Å²) in [6.07, 6.45) is 2.66. The van der Waals surface area contributed by atoms with Crippen LogP contribution in [-0.2, 0) is 16.1 Å². The quantitative estimate of drug-likeness (QED) is 0.801. The van der Waals surface area contributed by atoms with E-state index in [1.54, 1.807) is 0 Å². The van der Waals surface area contributed by atoms with Gasteiger partial charge in [-0.1, -0.05) is 12.1 Å². The third-order valence-corrected chi connectivity index (χ3v) is 3.41. The number of rotatable bonds is 3. The number of carbonyl (C=O) groups is 1. The maximum atomic E-state index is 11.9. The van der Waals surface area contributed by atoms with Crippen molar-refractivity contribution < 1.29 is 9.53 Å². The second-order valence-corrected chi connectivity index (χ2v) is 4.70. The van der Waals surface area contributed by atoms with Crippen molar-refractivity contribution in [2.75, 3.05) is 12.3 Å². The van der Waals surface area contributed by atoms with Crippen LogP contribution in [0.15, 0.2) is 18.2 Å². The molecule has 1 unspecified atom stereocenters. The number of benzene rings is 1. The summed E-state index contributed by atoms with van der Waals surface area (Å²) in [7, 11) is 0. The first-order chi connectivity index (χ1) is 8.68. The van der Waals surface area contributed by atoms with Gasteiger partial charge in [0, 0.05) is 18.8 Å². The molecule has 0 saturated carbocycles. The summed E-state index contributed by atoms with van der Waals surface area (Å²) >= 11 is 0. The first-order valence-electron chi connectivity index (χ1n) is 6.42. The highest BCUT2D eigenvalue weighted by atomic mass is 16.5. The molecule has 1 heterocycles. The van der Waals surface area contributed by atoms with Crippen LogP contribution < -0.4 is 11.1 Å². The van der Waals surface area contributed by atoms with E-state index in [0.29, 0.717) is 13.2 Å². The normalized spacial score (nSPS) is 19.5. The largest absolute Gasteiger partial charge is 0.399 e. The Kier molecular flexibility index (Phi) is 4.20. The SMILES string of the molecule is Cc1c(N)cccc1CNC(=O)C1CCCCO1. The molecule has 1 saturated heterocycles. The van der Waals surface area contributed by atoms with Crippen molar-refractivity contribution in [3.63, 3.8) is 0 Å². The van der Waals surface area contributed by atoms with Gasteiger partial charge in [0.15, 0.2) is 0 Å². The lowest BCUT2D eigenvalue weighted by Gasteiger charge is -2.22. The van der Waals surface area contributed by atoms with Crippen LogP contribution in [0.1, 0.15) is 30.4 Å². The summed E-state index contributed by atoms with van der Waals surface area (Å²) in [5.74, 6) is -0.0171. The lowest BCUT2D eigenvalue weighted by Crippen LogP contribution is -2.38. The standard InChI is InChI=1S/C14H20N2O2/c1-10-11(5-4-6-12(10)15)9-16-14(17)13-7-2-3-8-18-13/h4-6,13H,2-3,7-9,15H2,1H3,(H,16,17). The highest BCUT2D eigenvalue weighted by molar-refractivity contribution is 5.80. The van der Waals surface area contributed by atoms with Crippen molar-refractivity contribution in [3.8, 4) is 0 Å². The molecule has 1 aliphatic heterocycles. The number of anilines is 1. The Morgan fingerprint density at radius 3 is 3.06 bits per heavy atom. The molecule has 2 rings (SSSR count). The number of ether oxygens (including phenoxy) is 1. The highest BCUT2D eigenvalue weighted by Gasteiger charge is 2.21. The highest BCUT2D eigenvalue weighted by Crippen LogP contribution is 2.16. The maximum absolute atomic E-state index is 11.9. The Labute approximate surface area is 108 Å². The summed E-state index contributed by atoms with van der Waals surface area (Å²) in [5, 5.41) is 2.92. The van der Waals surface area contributed by atoms with Gasteiger partial charge in [0.05, 0.1) is 0 Å². The average Bonchev–Trinajstić information content (AvgIpc) is 2.41. The number of nitrogen functional groups attached to an aromatic ring is 1. The molecule has 1 aliphatic rings. The van der Waals surface area contributed by atoms with Crippen molar-refractivity contribution >= 4 is 11.6 Å². The van der Waals surface area contributed by atoms with E-state index in [2.05, 4.69) is 5.32 Å². The number of amides is 1. The first-order valence-corrected chi connectivity index (χ1v) is 6.42. The Hall–Kier alpha value is -1.55. The van der Waals surface area contributed by atoms with Gasteiger partial charge in [0.25, 0.3) is 0 Å². The predicted molar refractivity (Wildman–Crippen MR) is 71.0 cm³/mol. The fraction of sp³-hybridized carbons (Fsp3) is 0.500. The zero-order chi connectivity index (χ0) is 13.0. The van der Waals surface area contributed by atoms with Crippen molar-refractivity contribution in [1.29, 1.82) is 0 Å². The van der Waals surface area contributed by atoms with Gasteiger partial charge >= 0.3 is 0 Å². The molecule has 1 aromatic rings. The predicted octanol–water partition coefficient (Wildman–Crippen LogP) is 1.76. The molecule has 1 amide bonds. The van der Waals surface area contributed by atoms with E-state index < -0.39 is 0 Å². The summed E-state index contributed by atoms with van der Waals surface area (Å²) < 4.78 is 5.45. The van der Waals surface area contributed by atoms with Gasteiger partial charge in [-0.05, 0) is 43.4 Å². The van der Waals surface area contributed by atoms with Gasteiger partial charge in [-0.15, -0.1) is 0 Å². The molecule has 3 N–H and O–H groups in total. The minimum Gasteiger partial charge on any atom is -0.399 e. The molecule has 18 heavy (non-hydrogen) atoms. The second-order valence-electron chi connectivity index (χ2n) is 4.70. The smallest absolute Gasteiger partial charge is 0.249 e. The van der Waals surface area contributed by atoms with Crippen LogP contribution in [0.2, 0.25) is 0 Å². The molecule has 1 fully saturated rings. The summed E-state index contributed by atoms with van der Waals surface area (Å²) in [6, 6.07) is 5.75. The lowest BCUT2D eigenvalue weighted by atomic mass is 10.1. The molecular weight excluding hydrogens is 228 g/mol. The fourth-order valence-electron chi connectivity index (χ4n) is 2.14. The third-order valence-electron chi connectivity index (χ3n) is 3.41. The van der Waals surface area contributed by atoms with Gasteiger partial charge in [0.2, 0.25) is 5.91 Å². The summed E-state index contributed by atoms with van der Waals surface area (Å²) in [5.41, 5.74) is 8.68. The molecule has 0 aromatic heterocycles. The molecule has 4 heteroatoms. The molecule has 0 bridgehead atoms. The number of nitrogens with one attached hydrogen (secondary N) is 1. The molecule has 4 nitrogen and oxygen atoms in total. The van der Waals surface area contributed by atoms with Crippen LogP contribution in [0.5, 0.6) is 0 Å². The van der Waals surface area contributed by atoms with Gasteiger partial charge in [-0.25, -0.2) is 0 Å². The van der Waals surface area contributed by atoms with Crippen LogP contribution in [0.3, 0.4) is 0 Å². The molecule has 0 spiro atoms. The number of carbonyl (C=O) groups excluding carboxylic acids is 1. The van der Waals surface area contributed by atoms with Gasteiger partial charge in [0.1, 0.15) is 6.10 Å². The molecule has 98 valence electrons. The van der Waals surface area contributed by atoms with Crippen LogP contribution >= 0.6 is 0 Å². The number of hydrogen-bond acceptors (Lipinski definition) is 3. The van der Waals surface area contributed by atoms with Crippen LogP contribution in [0.4, 0.5) is 5.69 Å². The minimum absolute atomic E-state index is 0.0171. The molecule has 1 aromatic carbocycles. The monoisotopic (exact) mass is 248 g/mol. The van der Waals surface area contributed by atoms with Crippen LogP contribution in [0, 0.1) is 6.92 Å². The van der Waals surface area contributed by atoms with E-state index in [1.807, 2.05) is 25.1 Å². The van der Waals surface area contributed by atoms with Crippen molar-refractivity contribution in [1.82, 2.24) is 5.32 Å². The molecule has 1 atom stereocenters. The Bertz CT molecular complexity index is 426. The Morgan fingerprint density at radius 2 is 2.33 bits per heavy atom. The van der Waals surface area contributed by atoms with E-state index in [4.69, 9.17) is 10.5 Å². The van der Waals surface area contributed by atoms with Gasteiger partial charge in [-0.2, -0.15) is 0 Å². The van der Waals surface area contributed by atoms with Crippen molar-refractivity contribution in [2.24, 2.45) is 0 Å². The molecule has 0 aliphatic carbocycles. The number of nitrogens with two attached hydrogens (primary N) is 1. The maximum Gasteiger partial charge on any atom is 0.249 e. The van der Waals surface area contributed by atoms with Crippen LogP contribution in [0.25, 0.3) is 0 Å². The van der Waals surface area contributed by atoms with E-state index in [1.165, 1.54) is 0 Å². The first kappa shape index (κ1) is 12.9. The average molecular weight is 248 g/mol. The second kappa shape index (κ2) is 5.87. The summed E-state index contributed by atoms with van der Waals surface area (Å²) in [6.45, 7) is 3.17. The Balaban J connectivity index is 1.90. The van der Waals surface area contributed by atoms with E-state index >= 15 is 0 Å². The minimum atomic E-state index is -0.278. The van der Waals surface area contributed by atoms with Crippen molar-refractivity contribution in [3.05, 3.63) is 29.3 Å².